The Kier molecular flexibility index (Phi) is 3.26. The smallest absolute Gasteiger partial charge is 0.271 e. The molecular formula is C9H9ClN2O3. The fourth-order valence-corrected chi connectivity index (χ4v) is 1.35. The van der Waals surface area contributed by atoms with E-state index in [1.54, 1.807) is 7.05 Å². The van der Waals surface area contributed by atoms with E-state index in [1.165, 1.54) is 30.0 Å². The fourth-order valence-electron chi connectivity index (χ4n) is 1.05. The van der Waals surface area contributed by atoms with Crippen LogP contribution >= 0.6 is 11.6 Å². The van der Waals surface area contributed by atoms with E-state index in [0.717, 1.165) is 0 Å². The van der Waals surface area contributed by atoms with Crippen molar-refractivity contribution >= 4 is 28.9 Å². The minimum Gasteiger partial charge on any atom is -0.314 e. The van der Waals surface area contributed by atoms with Gasteiger partial charge in [0.05, 0.1) is 15.6 Å². The molecule has 1 rings (SSSR count). The maximum atomic E-state index is 11.0. The summed E-state index contributed by atoms with van der Waals surface area (Å²) in [6, 6.07) is 3.97. The minimum absolute atomic E-state index is 0.0966. The largest absolute Gasteiger partial charge is 0.314 e. The molecule has 0 fully saturated rings. The summed E-state index contributed by atoms with van der Waals surface area (Å²) in [4.78, 5) is 22.3. The molecule has 0 aliphatic rings. The monoisotopic (exact) mass is 228 g/mol. The van der Waals surface area contributed by atoms with E-state index in [0.29, 0.717) is 5.69 Å². The maximum absolute atomic E-state index is 11.0. The van der Waals surface area contributed by atoms with Gasteiger partial charge in [-0.15, -0.1) is 0 Å². The molecule has 0 bridgehead atoms. The summed E-state index contributed by atoms with van der Waals surface area (Å²) >= 11 is 5.81. The number of rotatable bonds is 2. The Morgan fingerprint density at radius 2 is 2.13 bits per heavy atom. The predicted octanol–water partition coefficient (Wildman–Crippen LogP) is 2.23. The van der Waals surface area contributed by atoms with Gasteiger partial charge in [-0.25, -0.2) is 0 Å². The summed E-state index contributed by atoms with van der Waals surface area (Å²) in [6.45, 7) is 1.39. The number of benzene rings is 1. The van der Waals surface area contributed by atoms with Crippen LogP contribution in [0.25, 0.3) is 0 Å². The quantitative estimate of drug-likeness (QED) is 0.576. The lowest BCUT2D eigenvalue weighted by Crippen LogP contribution is -2.23. The third-order valence-electron chi connectivity index (χ3n) is 1.98. The van der Waals surface area contributed by atoms with Crippen LogP contribution in [0.5, 0.6) is 0 Å². The van der Waals surface area contributed by atoms with Gasteiger partial charge in [-0.2, -0.15) is 0 Å². The zero-order valence-electron chi connectivity index (χ0n) is 8.23. The van der Waals surface area contributed by atoms with Crippen molar-refractivity contribution in [3.8, 4) is 0 Å². The first-order valence-corrected chi connectivity index (χ1v) is 4.49. The number of amides is 1. The first-order chi connectivity index (χ1) is 6.93. The highest BCUT2D eigenvalue weighted by Gasteiger charge is 2.13. The summed E-state index contributed by atoms with van der Waals surface area (Å²) in [5, 5.41) is 10.6. The van der Waals surface area contributed by atoms with Crippen LogP contribution in [0.3, 0.4) is 0 Å². The molecule has 0 aliphatic carbocycles. The zero-order valence-corrected chi connectivity index (χ0v) is 8.99. The van der Waals surface area contributed by atoms with Crippen LogP contribution in [0.2, 0.25) is 5.02 Å². The van der Waals surface area contributed by atoms with Gasteiger partial charge in [0, 0.05) is 26.1 Å². The number of halogens is 1. The van der Waals surface area contributed by atoms with Gasteiger partial charge in [0.15, 0.2) is 0 Å². The van der Waals surface area contributed by atoms with Crippen LogP contribution in [-0.4, -0.2) is 17.9 Å². The van der Waals surface area contributed by atoms with E-state index in [2.05, 4.69) is 0 Å². The van der Waals surface area contributed by atoms with Gasteiger partial charge in [0.1, 0.15) is 0 Å². The van der Waals surface area contributed by atoms with Crippen molar-refractivity contribution in [1.82, 2.24) is 0 Å². The second kappa shape index (κ2) is 4.27. The Morgan fingerprint density at radius 3 is 2.53 bits per heavy atom. The molecule has 0 aliphatic heterocycles. The lowest BCUT2D eigenvalue weighted by molar-refractivity contribution is -0.384. The number of nitro groups is 1. The molecule has 0 aromatic heterocycles. The Labute approximate surface area is 91.4 Å². The number of hydrogen-bond acceptors (Lipinski definition) is 3. The van der Waals surface area contributed by atoms with E-state index in [-0.39, 0.29) is 16.6 Å². The van der Waals surface area contributed by atoms with Crippen LogP contribution in [0.4, 0.5) is 11.4 Å². The molecule has 0 heterocycles. The van der Waals surface area contributed by atoms with Crippen molar-refractivity contribution in [1.29, 1.82) is 0 Å². The Balaban J connectivity index is 3.13. The number of hydrogen-bond donors (Lipinski definition) is 0. The van der Waals surface area contributed by atoms with Crippen LogP contribution in [-0.2, 0) is 4.79 Å². The second-order valence-electron chi connectivity index (χ2n) is 2.97. The van der Waals surface area contributed by atoms with Crippen molar-refractivity contribution < 1.29 is 9.72 Å². The molecule has 0 unspecified atom stereocenters. The van der Waals surface area contributed by atoms with Gasteiger partial charge in [0.2, 0.25) is 5.91 Å². The minimum atomic E-state index is -0.538. The van der Waals surface area contributed by atoms with Crippen molar-refractivity contribution in [3.05, 3.63) is 33.3 Å². The van der Waals surface area contributed by atoms with Gasteiger partial charge >= 0.3 is 0 Å². The third kappa shape index (κ3) is 2.44. The highest BCUT2D eigenvalue weighted by Crippen LogP contribution is 2.28. The van der Waals surface area contributed by atoms with E-state index >= 15 is 0 Å². The molecule has 1 aromatic carbocycles. The van der Waals surface area contributed by atoms with E-state index in [9.17, 15) is 14.9 Å². The first-order valence-electron chi connectivity index (χ1n) is 4.11. The first kappa shape index (κ1) is 11.5. The average molecular weight is 229 g/mol. The topological polar surface area (TPSA) is 63.5 Å². The molecule has 0 spiro atoms. The number of nitrogens with zero attached hydrogens (tertiary/aromatic N) is 2. The highest BCUT2D eigenvalue weighted by molar-refractivity contribution is 6.34. The van der Waals surface area contributed by atoms with E-state index in [4.69, 9.17) is 11.6 Å². The second-order valence-corrected chi connectivity index (χ2v) is 3.38. The summed E-state index contributed by atoms with van der Waals surface area (Å²) in [5.41, 5.74) is 0.357. The number of carbonyl (C=O) groups excluding carboxylic acids is 1. The number of non-ortho nitro benzene ring substituents is 1. The third-order valence-corrected chi connectivity index (χ3v) is 2.28. The lowest BCUT2D eigenvalue weighted by atomic mass is 10.2. The maximum Gasteiger partial charge on any atom is 0.271 e. The highest BCUT2D eigenvalue weighted by atomic mass is 35.5. The molecule has 1 amide bonds. The summed E-state index contributed by atoms with van der Waals surface area (Å²) in [7, 11) is 1.55. The summed E-state index contributed by atoms with van der Waals surface area (Å²) < 4.78 is 0. The SMILES string of the molecule is CC(=O)N(C)c1ccc([N+](=O)[O-])cc1Cl. The molecule has 80 valence electrons. The van der Waals surface area contributed by atoms with Gasteiger partial charge < -0.3 is 4.90 Å². The Hall–Kier alpha value is -1.62. The van der Waals surface area contributed by atoms with Crippen molar-refractivity contribution in [3.63, 3.8) is 0 Å². The molecule has 0 radical (unpaired) electrons. The summed E-state index contributed by atoms with van der Waals surface area (Å²) in [5.74, 6) is -0.189. The van der Waals surface area contributed by atoms with Crippen molar-refractivity contribution in [2.75, 3.05) is 11.9 Å². The Bertz CT molecular complexity index is 420. The number of nitro benzene ring substituents is 1. The van der Waals surface area contributed by atoms with Gasteiger partial charge in [0.25, 0.3) is 5.69 Å². The predicted molar refractivity (Wildman–Crippen MR) is 57.2 cm³/mol. The fraction of sp³-hybridized carbons (Fsp3) is 0.222. The normalized spacial score (nSPS) is 9.80. The molecule has 1 aromatic rings. The summed E-state index contributed by atoms with van der Waals surface area (Å²) in [6.07, 6.45) is 0. The molecule has 0 atom stereocenters. The van der Waals surface area contributed by atoms with E-state index < -0.39 is 4.92 Å². The van der Waals surface area contributed by atoms with Crippen molar-refractivity contribution in [2.45, 2.75) is 6.92 Å². The molecule has 5 nitrogen and oxygen atoms in total. The lowest BCUT2D eigenvalue weighted by Gasteiger charge is -2.15. The zero-order chi connectivity index (χ0) is 11.6. The Morgan fingerprint density at radius 1 is 1.53 bits per heavy atom. The molecular weight excluding hydrogens is 220 g/mol. The van der Waals surface area contributed by atoms with Crippen LogP contribution in [0, 0.1) is 10.1 Å². The molecule has 6 heteroatoms. The van der Waals surface area contributed by atoms with E-state index in [1.807, 2.05) is 0 Å². The number of anilines is 1. The van der Waals surface area contributed by atoms with Crippen LogP contribution in [0.15, 0.2) is 18.2 Å². The van der Waals surface area contributed by atoms with Gasteiger partial charge in [-0.1, -0.05) is 11.6 Å². The average Bonchev–Trinajstić information content (AvgIpc) is 2.16. The van der Waals surface area contributed by atoms with Gasteiger partial charge in [-0.05, 0) is 6.07 Å². The van der Waals surface area contributed by atoms with Gasteiger partial charge in [-0.3, -0.25) is 14.9 Å². The molecule has 0 N–H and O–H groups in total. The standard InChI is InChI=1S/C9H9ClN2O3/c1-6(13)11(2)9-4-3-7(12(14)15)5-8(9)10/h3-5H,1-2H3. The number of carbonyl (C=O) groups is 1. The molecule has 0 saturated heterocycles. The van der Waals surface area contributed by atoms with Crippen LogP contribution in [0.1, 0.15) is 6.92 Å². The molecule has 15 heavy (non-hydrogen) atoms. The molecule has 0 saturated carbocycles. The van der Waals surface area contributed by atoms with Crippen molar-refractivity contribution in [2.24, 2.45) is 0 Å². The van der Waals surface area contributed by atoms with Crippen LogP contribution < -0.4 is 4.90 Å².